The van der Waals surface area contributed by atoms with Gasteiger partial charge in [-0.05, 0) is 26.0 Å². The van der Waals surface area contributed by atoms with Gasteiger partial charge in [-0.25, -0.2) is 0 Å². The smallest absolute Gasteiger partial charge is 0.357 e. The number of H-pyrrole nitrogens is 1. The van der Waals surface area contributed by atoms with Gasteiger partial charge in [0.25, 0.3) is 11.8 Å². The first-order valence-electron chi connectivity index (χ1n) is 7.65. The summed E-state index contributed by atoms with van der Waals surface area (Å²) in [6.45, 7) is 3.03. The van der Waals surface area contributed by atoms with Crippen molar-refractivity contribution in [1.29, 1.82) is 0 Å². The number of rotatable bonds is 0. The van der Waals surface area contributed by atoms with Gasteiger partial charge >= 0.3 is 12.1 Å². The summed E-state index contributed by atoms with van der Waals surface area (Å²) in [5.74, 6) is -3.18. The van der Waals surface area contributed by atoms with E-state index in [1.54, 1.807) is 13.0 Å². The Balaban J connectivity index is 2.26. The van der Waals surface area contributed by atoms with E-state index in [9.17, 15) is 27.6 Å². The second-order valence-corrected chi connectivity index (χ2v) is 6.35. The van der Waals surface area contributed by atoms with E-state index in [-0.39, 0.29) is 33.2 Å². The van der Waals surface area contributed by atoms with Gasteiger partial charge in [-0.1, -0.05) is 0 Å². The van der Waals surface area contributed by atoms with E-state index >= 15 is 0 Å². The van der Waals surface area contributed by atoms with Crippen LogP contribution >= 0.6 is 0 Å². The first-order chi connectivity index (χ1) is 12.0. The van der Waals surface area contributed by atoms with Crippen molar-refractivity contribution in [3.63, 3.8) is 0 Å². The van der Waals surface area contributed by atoms with Gasteiger partial charge in [0.2, 0.25) is 0 Å². The summed E-state index contributed by atoms with van der Waals surface area (Å²) in [5.41, 5.74) is 0.951. The molecule has 134 valence electrons. The Morgan fingerprint density at radius 3 is 2.19 bits per heavy atom. The number of hydrogen-bond acceptors (Lipinski definition) is 3. The topological polar surface area (TPSA) is 75.2 Å². The highest BCUT2D eigenvalue weighted by Crippen LogP contribution is 2.40. The number of aryl methyl sites for hydroxylation is 2. The number of aromatic amines is 1. The molecule has 0 unspecified atom stereocenters. The highest BCUT2D eigenvalue weighted by atomic mass is 19.4. The molecule has 1 N–H and O–H groups in total. The van der Waals surface area contributed by atoms with Crippen molar-refractivity contribution < 1.29 is 27.6 Å². The van der Waals surface area contributed by atoms with Gasteiger partial charge in [-0.15, -0.1) is 0 Å². The van der Waals surface area contributed by atoms with Gasteiger partial charge in [0.1, 0.15) is 0 Å². The van der Waals surface area contributed by atoms with E-state index in [0.29, 0.717) is 15.6 Å². The minimum Gasteiger partial charge on any atom is -0.357 e. The molecule has 9 heteroatoms. The van der Waals surface area contributed by atoms with Gasteiger partial charge in [0, 0.05) is 29.2 Å². The van der Waals surface area contributed by atoms with E-state index in [1.807, 2.05) is 0 Å². The monoisotopic (exact) mass is 363 g/mol. The Hall–Kier alpha value is -3.10. The zero-order valence-electron chi connectivity index (χ0n) is 13.9. The number of imide groups is 1. The lowest BCUT2D eigenvalue weighted by molar-refractivity contribution is -0.0944. The van der Waals surface area contributed by atoms with E-state index < -0.39 is 23.9 Å². The van der Waals surface area contributed by atoms with Gasteiger partial charge in [-0.3, -0.25) is 23.9 Å². The molecule has 0 saturated heterocycles. The maximum Gasteiger partial charge on any atom is 0.472 e. The van der Waals surface area contributed by atoms with Gasteiger partial charge in [-0.2, -0.15) is 13.2 Å². The normalized spacial score (nSPS) is 14.8. The first-order valence-corrected chi connectivity index (χ1v) is 7.65. The first kappa shape index (κ1) is 16.4. The third kappa shape index (κ3) is 1.85. The lowest BCUT2D eigenvalue weighted by atomic mass is 10.0. The molecule has 0 aliphatic carbocycles. The highest BCUT2D eigenvalue weighted by Gasteiger charge is 2.43. The maximum atomic E-state index is 13.1. The van der Waals surface area contributed by atoms with Crippen LogP contribution < -0.4 is 0 Å². The Bertz CT molecular complexity index is 1170. The van der Waals surface area contributed by atoms with Crippen LogP contribution in [0.4, 0.5) is 13.2 Å². The number of benzene rings is 1. The summed E-state index contributed by atoms with van der Waals surface area (Å²) in [4.78, 5) is 40.9. The maximum absolute atomic E-state index is 13.1. The molecule has 4 rings (SSSR count). The van der Waals surface area contributed by atoms with Gasteiger partial charge in [0.05, 0.1) is 22.2 Å². The molecule has 0 radical (unpaired) electrons. The van der Waals surface area contributed by atoms with Crippen LogP contribution in [-0.4, -0.2) is 45.4 Å². The van der Waals surface area contributed by atoms with E-state index in [4.69, 9.17) is 0 Å². The van der Waals surface area contributed by atoms with Gasteiger partial charge in [0.15, 0.2) is 0 Å². The predicted octanol–water partition coefficient (Wildman–Crippen LogP) is 3.17. The number of alkyl halides is 3. The molecule has 0 atom stereocenters. The number of fused-ring (bicyclic) bond motifs is 6. The highest BCUT2D eigenvalue weighted by molar-refractivity contribution is 6.33. The SMILES string of the molecule is Cc1cc2c3c(c4cc(C)n(C(=O)C(F)(F)F)c4c2[nH]1)C(=O)N(C)C3=O. The summed E-state index contributed by atoms with van der Waals surface area (Å²) in [6, 6.07) is 2.92. The number of nitrogens with one attached hydrogen (secondary N) is 1. The molecule has 0 spiro atoms. The summed E-state index contributed by atoms with van der Waals surface area (Å²) in [5, 5.41) is 0.467. The standard InChI is InChI=1S/C17H12F3N3O3/c1-6-4-8-10-11(15(25)22(3)14(10)24)9-5-7(2)23(13(9)12(8)21-6)16(26)17(18,19)20/h4-5,21H,1-3H3. The quantitative estimate of drug-likeness (QED) is 0.624. The molecule has 2 aromatic heterocycles. The van der Waals surface area contributed by atoms with Crippen molar-refractivity contribution in [3.8, 4) is 0 Å². The van der Waals surface area contributed by atoms with Crippen molar-refractivity contribution >= 4 is 39.5 Å². The Kier molecular flexibility index (Phi) is 2.99. The molecule has 0 fully saturated rings. The van der Waals surface area contributed by atoms with Crippen LogP contribution in [0.3, 0.4) is 0 Å². The number of nitrogens with zero attached hydrogens (tertiary/aromatic N) is 2. The number of hydrogen-bond donors (Lipinski definition) is 1. The molecular formula is C17H12F3N3O3. The molecule has 1 aromatic carbocycles. The van der Waals surface area contributed by atoms with Gasteiger partial charge < -0.3 is 4.98 Å². The number of halogens is 3. The summed E-state index contributed by atoms with van der Waals surface area (Å²) in [6.07, 6.45) is -5.08. The zero-order valence-corrected chi connectivity index (χ0v) is 13.9. The molecule has 3 heterocycles. The molecule has 0 saturated carbocycles. The number of amides is 2. The molecule has 1 aliphatic rings. The van der Waals surface area contributed by atoms with Crippen molar-refractivity contribution in [3.05, 3.63) is 34.6 Å². The molecule has 6 nitrogen and oxygen atoms in total. The van der Waals surface area contributed by atoms with E-state index in [0.717, 1.165) is 4.90 Å². The minimum atomic E-state index is -5.08. The van der Waals surface area contributed by atoms with Crippen LogP contribution in [0.5, 0.6) is 0 Å². The minimum absolute atomic E-state index is 0.0239. The summed E-state index contributed by atoms with van der Waals surface area (Å²) >= 11 is 0. The van der Waals surface area contributed by atoms with E-state index in [1.165, 1.54) is 20.0 Å². The Morgan fingerprint density at radius 2 is 1.62 bits per heavy atom. The average molecular weight is 363 g/mol. The fourth-order valence-corrected chi connectivity index (χ4v) is 3.58. The lowest BCUT2D eigenvalue weighted by Crippen LogP contribution is -2.29. The number of aromatic nitrogens is 2. The van der Waals surface area contributed by atoms with Crippen molar-refractivity contribution in [2.75, 3.05) is 7.05 Å². The third-order valence-corrected chi connectivity index (χ3v) is 4.65. The number of carbonyl (C=O) groups excluding carboxylic acids is 3. The Morgan fingerprint density at radius 1 is 1.04 bits per heavy atom. The second-order valence-electron chi connectivity index (χ2n) is 6.35. The second kappa shape index (κ2) is 4.75. The zero-order chi connectivity index (χ0) is 19.1. The third-order valence-electron chi connectivity index (χ3n) is 4.65. The molecule has 3 aromatic rings. The van der Waals surface area contributed by atoms with Crippen molar-refractivity contribution in [2.24, 2.45) is 0 Å². The molecule has 0 bridgehead atoms. The molecule has 26 heavy (non-hydrogen) atoms. The molecular weight excluding hydrogens is 351 g/mol. The van der Waals surface area contributed by atoms with Crippen molar-refractivity contribution in [1.82, 2.24) is 14.5 Å². The lowest BCUT2D eigenvalue weighted by Gasteiger charge is -2.11. The van der Waals surface area contributed by atoms with Crippen LogP contribution in [0.1, 0.15) is 36.9 Å². The largest absolute Gasteiger partial charge is 0.472 e. The Labute approximate surface area is 144 Å². The predicted molar refractivity (Wildman–Crippen MR) is 86.4 cm³/mol. The summed E-state index contributed by atoms with van der Waals surface area (Å²) in [7, 11) is 1.31. The van der Waals surface area contributed by atoms with Crippen LogP contribution in [0.15, 0.2) is 12.1 Å². The molecule has 2 amide bonds. The summed E-state index contributed by atoms with van der Waals surface area (Å²) < 4.78 is 39.8. The van der Waals surface area contributed by atoms with Crippen LogP contribution in [0, 0.1) is 13.8 Å². The fourth-order valence-electron chi connectivity index (χ4n) is 3.58. The number of carbonyl (C=O) groups is 3. The van der Waals surface area contributed by atoms with Crippen molar-refractivity contribution in [2.45, 2.75) is 20.0 Å². The van der Waals surface area contributed by atoms with E-state index in [2.05, 4.69) is 4.98 Å². The average Bonchev–Trinajstić information content (AvgIpc) is 3.14. The van der Waals surface area contributed by atoms with Crippen LogP contribution in [-0.2, 0) is 0 Å². The fraction of sp³-hybridized carbons (Fsp3) is 0.235. The molecule has 1 aliphatic heterocycles. The van der Waals surface area contributed by atoms with Crippen LogP contribution in [0.25, 0.3) is 21.8 Å². The van der Waals surface area contributed by atoms with Crippen LogP contribution in [0.2, 0.25) is 0 Å².